The number of nitrogens with two attached hydrogens (primary N) is 1. The quantitative estimate of drug-likeness (QED) is 0.778. The van der Waals surface area contributed by atoms with Crippen molar-refractivity contribution in [1.29, 1.82) is 0 Å². The third kappa shape index (κ3) is 2.40. The predicted octanol–water partition coefficient (Wildman–Crippen LogP) is 1.50. The molecule has 3 aromatic heterocycles. The van der Waals surface area contributed by atoms with Crippen LogP contribution in [0.2, 0.25) is 0 Å². The molecule has 0 aliphatic heterocycles. The third-order valence-corrected chi connectivity index (χ3v) is 3.24. The highest BCUT2D eigenvalue weighted by Gasteiger charge is 2.08. The first kappa shape index (κ1) is 12.4. The number of aromatic nitrogens is 5. The van der Waals surface area contributed by atoms with Gasteiger partial charge in [-0.15, -0.1) is 0 Å². The van der Waals surface area contributed by atoms with E-state index in [1.807, 2.05) is 36.6 Å². The number of hydrogen-bond donors (Lipinski definition) is 1. The van der Waals surface area contributed by atoms with Gasteiger partial charge >= 0.3 is 0 Å². The molecule has 0 aliphatic carbocycles. The van der Waals surface area contributed by atoms with Gasteiger partial charge in [0.2, 0.25) is 0 Å². The molecular formula is C14H16N6. The van der Waals surface area contributed by atoms with Crippen LogP contribution < -0.4 is 5.73 Å². The first-order valence-electron chi connectivity index (χ1n) is 6.41. The molecule has 0 spiro atoms. The summed E-state index contributed by atoms with van der Waals surface area (Å²) in [4.78, 5) is 8.35. The summed E-state index contributed by atoms with van der Waals surface area (Å²) in [6.07, 6.45) is 11.9. The number of aryl methyl sites for hydroxylation is 3. The van der Waals surface area contributed by atoms with Gasteiger partial charge in [0.1, 0.15) is 0 Å². The number of pyridine rings is 1. The van der Waals surface area contributed by atoms with Gasteiger partial charge in [-0.3, -0.25) is 9.67 Å². The Labute approximate surface area is 116 Å². The summed E-state index contributed by atoms with van der Waals surface area (Å²) < 4.78 is 3.89. The summed E-state index contributed by atoms with van der Waals surface area (Å²) in [5.74, 6) is 0. The molecule has 0 fully saturated rings. The van der Waals surface area contributed by atoms with E-state index in [4.69, 9.17) is 5.73 Å². The first-order valence-corrected chi connectivity index (χ1v) is 6.41. The van der Waals surface area contributed by atoms with Gasteiger partial charge in [0.25, 0.3) is 0 Å². The molecule has 20 heavy (non-hydrogen) atoms. The molecule has 3 aromatic rings. The zero-order chi connectivity index (χ0) is 13.9. The molecule has 6 nitrogen and oxygen atoms in total. The van der Waals surface area contributed by atoms with E-state index in [2.05, 4.69) is 19.6 Å². The van der Waals surface area contributed by atoms with E-state index in [0.717, 1.165) is 24.2 Å². The predicted molar refractivity (Wildman–Crippen MR) is 76.8 cm³/mol. The smallest absolute Gasteiger partial charge is 0.0951 e. The molecule has 0 radical (unpaired) electrons. The summed E-state index contributed by atoms with van der Waals surface area (Å²) in [6, 6.07) is 1.80. The molecular weight excluding hydrogens is 252 g/mol. The summed E-state index contributed by atoms with van der Waals surface area (Å²) in [6.45, 7) is 0.829. The Morgan fingerprint density at radius 3 is 2.85 bits per heavy atom. The van der Waals surface area contributed by atoms with Crippen LogP contribution in [0.15, 0.2) is 43.4 Å². The highest BCUT2D eigenvalue weighted by molar-refractivity contribution is 5.72. The summed E-state index contributed by atoms with van der Waals surface area (Å²) >= 11 is 0. The molecule has 0 unspecified atom stereocenters. The minimum Gasteiger partial charge on any atom is -0.398 e. The fraction of sp³-hybridized carbons (Fsp3) is 0.214. The Bertz CT molecular complexity index is 712. The topological polar surface area (TPSA) is 74.5 Å². The van der Waals surface area contributed by atoms with Crippen LogP contribution in [0.3, 0.4) is 0 Å². The van der Waals surface area contributed by atoms with E-state index in [-0.39, 0.29) is 0 Å². The zero-order valence-corrected chi connectivity index (χ0v) is 11.3. The largest absolute Gasteiger partial charge is 0.398 e. The highest BCUT2D eigenvalue weighted by atomic mass is 15.2. The van der Waals surface area contributed by atoms with Gasteiger partial charge in [-0.25, -0.2) is 4.98 Å². The molecule has 6 heteroatoms. The zero-order valence-electron chi connectivity index (χ0n) is 11.3. The minimum atomic E-state index is 0.711. The van der Waals surface area contributed by atoms with E-state index in [9.17, 15) is 0 Å². The van der Waals surface area contributed by atoms with Crippen molar-refractivity contribution >= 4 is 5.69 Å². The SMILES string of the molecule is Cn1cc(CCn2cncc2-c2cnccc2N)cn1. The number of nitrogen functional groups attached to an aromatic ring is 1. The molecule has 0 amide bonds. The normalized spacial score (nSPS) is 10.8. The Morgan fingerprint density at radius 2 is 2.10 bits per heavy atom. The van der Waals surface area contributed by atoms with Crippen molar-refractivity contribution in [3.63, 3.8) is 0 Å². The van der Waals surface area contributed by atoms with E-state index < -0.39 is 0 Å². The van der Waals surface area contributed by atoms with Gasteiger partial charge in [0, 0.05) is 43.4 Å². The first-order chi connectivity index (χ1) is 9.74. The molecule has 102 valence electrons. The van der Waals surface area contributed by atoms with E-state index in [0.29, 0.717) is 5.69 Å². The fourth-order valence-corrected chi connectivity index (χ4v) is 2.19. The second-order valence-electron chi connectivity index (χ2n) is 4.71. The molecule has 2 N–H and O–H groups in total. The van der Waals surface area contributed by atoms with Gasteiger partial charge in [-0.05, 0) is 18.1 Å². The number of imidazole rings is 1. The van der Waals surface area contributed by atoms with Gasteiger partial charge in [-0.2, -0.15) is 5.10 Å². The number of nitrogens with zero attached hydrogens (tertiary/aromatic N) is 5. The van der Waals surface area contributed by atoms with Crippen molar-refractivity contribution in [2.45, 2.75) is 13.0 Å². The minimum absolute atomic E-state index is 0.711. The van der Waals surface area contributed by atoms with Crippen molar-refractivity contribution in [2.24, 2.45) is 7.05 Å². The number of hydrogen-bond acceptors (Lipinski definition) is 4. The standard InChI is InChI=1S/C14H16N6/c1-19-9-11(6-18-19)3-5-20-10-17-8-14(20)12-7-16-4-2-13(12)15/h2,4,6-10H,3,5H2,1H3,(H2,15,16). The Morgan fingerprint density at radius 1 is 1.20 bits per heavy atom. The van der Waals surface area contributed by atoms with Gasteiger partial charge in [0.05, 0.1) is 24.4 Å². The highest BCUT2D eigenvalue weighted by Crippen LogP contribution is 2.24. The molecule has 3 rings (SSSR count). The van der Waals surface area contributed by atoms with Crippen LogP contribution in [-0.2, 0) is 20.0 Å². The van der Waals surface area contributed by atoms with Crippen LogP contribution in [0.5, 0.6) is 0 Å². The van der Waals surface area contributed by atoms with Gasteiger partial charge in [-0.1, -0.05) is 0 Å². The molecule has 3 heterocycles. The molecule has 0 bridgehead atoms. The van der Waals surface area contributed by atoms with Crippen molar-refractivity contribution in [3.05, 3.63) is 48.9 Å². The van der Waals surface area contributed by atoms with Crippen molar-refractivity contribution in [3.8, 4) is 11.3 Å². The average Bonchev–Trinajstić information content (AvgIpc) is 3.06. The Hall–Kier alpha value is -2.63. The lowest BCUT2D eigenvalue weighted by Gasteiger charge is -2.09. The molecule has 0 atom stereocenters. The Balaban J connectivity index is 1.82. The van der Waals surface area contributed by atoms with E-state index >= 15 is 0 Å². The van der Waals surface area contributed by atoms with Gasteiger partial charge in [0.15, 0.2) is 0 Å². The van der Waals surface area contributed by atoms with Crippen LogP contribution in [0.1, 0.15) is 5.56 Å². The number of anilines is 1. The van der Waals surface area contributed by atoms with E-state index in [1.165, 1.54) is 5.56 Å². The summed E-state index contributed by atoms with van der Waals surface area (Å²) in [5, 5.41) is 4.17. The van der Waals surface area contributed by atoms with Crippen LogP contribution in [0, 0.1) is 0 Å². The lowest BCUT2D eigenvalue weighted by atomic mass is 10.2. The molecule has 0 aliphatic rings. The van der Waals surface area contributed by atoms with Crippen LogP contribution in [0.25, 0.3) is 11.3 Å². The maximum Gasteiger partial charge on any atom is 0.0951 e. The molecule has 0 saturated heterocycles. The lowest BCUT2D eigenvalue weighted by Crippen LogP contribution is -2.03. The average molecular weight is 268 g/mol. The van der Waals surface area contributed by atoms with Crippen molar-refractivity contribution < 1.29 is 0 Å². The van der Waals surface area contributed by atoms with Crippen molar-refractivity contribution in [2.75, 3.05) is 5.73 Å². The van der Waals surface area contributed by atoms with Crippen molar-refractivity contribution in [1.82, 2.24) is 24.3 Å². The van der Waals surface area contributed by atoms with Crippen LogP contribution in [-0.4, -0.2) is 24.3 Å². The Kier molecular flexibility index (Phi) is 3.20. The number of rotatable bonds is 4. The maximum absolute atomic E-state index is 6.00. The summed E-state index contributed by atoms with van der Waals surface area (Å²) in [7, 11) is 1.92. The second-order valence-corrected chi connectivity index (χ2v) is 4.71. The summed E-state index contributed by atoms with van der Waals surface area (Å²) in [5.41, 5.74) is 9.81. The molecule has 0 saturated carbocycles. The maximum atomic E-state index is 6.00. The van der Waals surface area contributed by atoms with E-state index in [1.54, 1.807) is 18.5 Å². The second kappa shape index (κ2) is 5.16. The van der Waals surface area contributed by atoms with Gasteiger partial charge < -0.3 is 10.3 Å². The van der Waals surface area contributed by atoms with Crippen LogP contribution >= 0.6 is 0 Å². The lowest BCUT2D eigenvalue weighted by molar-refractivity contribution is 0.700. The monoisotopic (exact) mass is 268 g/mol. The fourth-order valence-electron chi connectivity index (χ4n) is 2.19. The molecule has 0 aromatic carbocycles. The van der Waals surface area contributed by atoms with Crippen LogP contribution in [0.4, 0.5) is 5.69 Å². The third-order valence-electron chi connectivity index (χ3n) is 3.24.